The zero-order valence-electron chi connectivity index (χ0n) is 20.4. The van der Waals surface area contributed by atoms with Gasteiger partial charge in [0, 0.05) is 31.0 Å². The molecule has 1 fully saturated rings. The standard InChI is InChI=1S/C29H30N4O2/c1-20-8-10-24(11-9-20)33-28(34)29(21(2)30-33)18-22-6-4-5-7-26(22)32-17-16-31(19-27(29)32)23-12-14-25(35-3)15-13-23/h4-15,27H,16-19H2,1-3H3/t27-,29+/m0/s1. The van der Waals surface area contributed by atoms with Gasteiger partial charge in [-0.25, -0.2) is 0 Å². The molecule has 0 aromatic heterocycles. The van der Waals surface area contributed by atoms with Gasteiger partial charge in [-0.2, -0.15) is 10.1 Å². The van der Waals surface area contributed by atoms with Crippen LogP contribution in [-0.4, -0.2) is 44.4 Å². The van der Waals surface area contributed by atoms with Crippen molar-refractivity contribution in [3.05, 3.63) is 83.9 Å². The van der Waals surface area contributed by atoms with Crippen LogP contribution in [-0.2, 0) is 11.2 Å². The fourth-order valence-corrected chi connectivity index (χ4v) is 5.96. The summed E-state index contributed by atoms with van der Waals surface area (Å²) in [5, 5.41) is 6.50. The zero-order valence-corrected chi connectivity index (χ0v) is 20.4. The molecule has 0 N–H and O–H groups in total. The van der Waals surface area contributed by atoms with Gasteiger partial charge in [0.1, 0.15) is 11.2 Å². The van der Waals surface area contributed by atoms with E-state index in [-0.39, 0.29) is 11.9 Å². The molecule has 6 nitrogen and oxygen atoms in total. The molecule has 1 saturated heterocycles. The largest absolute Gasteiger partial charge is 0.497 e. The van der Waals surface area contributed by atoms with Crippen LogP contribution < -0.4 is 19.5 Å². The van der Waals surface area contributed by atoms with Crippen molar-refractivity contribution >= 4 is 28.7 Å². The van der Waals surface area contributed by atoms with Crippen LogP contribution in [0.15, 0.2) is 77.9 Å². The predicted molar refractivity (Wildman–Crippen MR) is 141 cm³/mol. The van der Waals surface area contributed by atoms with Crippen molar-refractivity contribution in [2.24, 2.45) is 10.5 Å². The number of benzene rings is 3. The van der Waals surface area contributed by atoms with Crippen LogP contribution in [0.3, 0.4) is 0 Å². The number of aryl methyl sites for hydroxylation is 1. The van der Waals surface area contributed by atoms with Crippen LogP contribution in [0.2, 0.25) is 0 Å². The summed E-state index contributed by atoms with van der Waals surface area (Å²) in [7, 11) is 1.69. The average molecular weight is 467 g/mol. The Bertz CT molecular complexity index is 1300. The second-order valence-electron chi connectivity index (χ2n) is 9.77. The van der Waals surface area contributed by atoms with E-state index >= 15 is 0 Å². The van der Waals surface area contributed by atoms with Crippen molar-refractivity contribution in [3.63, 3.8) is 0 Å². The van der Waals surface area contributed by atoms with E-state index in [1.54, 1.807) is 12.1 Å². The van der Waals surface area contributed by atoms with Crippen molar-refractivity contribution in [2.75, 3.05) is 41.6 Å². The van der Waals surface area contributed by atoms with Crippen molar-refractivity contribution in [1.29, 1.82) is 0 Å². The number of carbonyl (C=O) groups is 1. The number of methoxy groups -OCH3 is 1. The molecule has 6 heteroatoms. The van der Waals surface area contributed by atoms with Gasteiger partial charge in [-0.15, -0.1) is 0 Å². The highest BCUT2D eigenvalue weighted by Crippen LogP contribution is 2.48. The molecule has 35 heavy (non-hydrogen) atoms. The third-order valence-electron chi connectivity index (χ3n) is 7.91. The topological polar surface area (TPSA) is 48.4 Å². The van der Waals surface area contributed by atoms with Gasteiger partial charge < -0.3 is 14.5 Å². The summed E-state index contributed by atoms with van der Waals surface area (Å²) in [5.41, 5.74) is 5.78. The molecule has 3 aromatic rings. The van der Waals surface area contributed by atoms with Crippen LogP contribution in [0.1, 0.15) is 18.1 Å². The molecule has 2 atom stereocenters. The SMILES string of the molecule is COc1ccc(N2CCN3c4ccccc4C[C@]4(C(=O)N(c5ccc(C)cc5)N=C4C)[C@@H]3C2)cc1. The monoisotopic (exact) mass is 466 g/mol. The highest BCUT2D eigenvalue weighted by molar-refractivity contribution is 6.20. The minimum atomic E-state index is -0.704. The predicted octanol–water partition coefficient (Wildman–Crippen LogP) is 4.66. The first-order chi connectivity index (χ1) is 17.0. The first-order valence-electron chi connectivity index (χ1n) is 12.2. The quantitative estimate of drug-likeness (QED) is 0.563. The number of anilines is 3. The molecule has 3 aromatic carbocycles. The van der Waals surface area contributed by atoms with Crippen LogP contribution >= 0.6 is 0 Å². The van der Waals surface area contributed by atoms with Crippen molar-refractivity contribution in [3.8, 4) is 5.75 Å². The smallest absolute Gasteiger partial charge is 0.261 e. The van der Waals surface area contributed by atoms with Gasteiger partial charge >= 0.3 is 0 Å². The van der Waals surface area contributed by atoms with E-state index in [0.29, 0.717) is 6.42 Å². The Morgan fingerprint density at radius 3 is 2.37 bits per heavy atom. The van der Waals surface area contributed by atoms with E-state index in [9.17, 15) is 4.79 Å². The summed E-state index contributed by atoms with van der Waals surface area (Å²) in [6.45, 7) is 6.57. The van der Waals surface area contributed by atoms with Gasteiger partial charge in [-0.3, -0.25) is 4.79 Å². The number of fused-ring (bicyclic) bond motifs is 4. The Balaban J connectivity index is 1.42. The molecule has 0 unspecified atom stereocenters. The molecule has 3 aliphatic heterocycles. The highest BCUT2D eigenvalue weighted by atomic mass is 16.5. The van der Waals surface area contributed by atoms with Crippen LogP contribution in [0.25, 0.3) is 0 Å². The summed E-state index contributed by atoms with van der Waals surface area (Å²) in [6.07, 6.45) is 0.664. The van der Waals surface area contributed by atoms with Crippen LogP contribution in [0.4, 0.5) is 17.1 Å². The molecule has 3 aliphatic rings. The number of hydrogen-bond donors (Lipinski definition) is 0. The van der Waals surface area contributed by atoms with E-state index in [4.69, 9.17) is 9.84 Å². The van der Waals surface area contributed by atoms with E-state index in [1.807, 2.05) is 43.3 Å². The molecule has 0 aliphatic carbocycles. The van der Waals surface area contributed by atoms with Crippen molar-refractivity contribution in [1.82, 2.24) is 0 Å². The number of piperazine rings is 1. The zero-order chi connectivity index (χ0) is 24.2. The van der Waals surface area contributed by atoms with E-state index < -0.39 is 5.41 Å². The lowest BCUT2D eigenvalue weighted by atomic mass is 9.67. The lowest BCUT2D eigenvalue weighted by Crippen LogP contribution is -2.67. The first-order valence-corrected chi connectivity index (χ1v) is 12.2. The molecule has 0 bridgehead atoms. The molecule has 6 rings (SSSR count). The molecule has 1 spiro atoms. The molecule has 0 saturated carbocycles. The number of carbonyl (C=O) groups excluding carboxylic acids is 1. The van der Waals surface area contributed by atoms with Crippen molar-refractivity contribution in [2.45, 2.75) is 26.3 Å². The molecule has 1 amide bonds. The fourth-order valence-electron chi connectivity index (χ4n) is 5.96. The third kappa shape index (κ3) is 3.31. The normalized spacial score (nSPS) is 23.3. The lowest BCUT2D eigenvalue weighted by molar-refractivity contribution is -0.125. The summed E-state index contributed by atoms with van der Waals surface area (Å²) >= 11 is 0. The van der Waals surface area contributed by atoms with Crippen LogP contribution in [0, 0.1) is 12.3 Å². The number of nitrogens with zero attached hydrogens (tertiary/aromatic N) is 4. The van der Waals surface area contributed by atoms with Crippen molar-refractivity contribution < 1.29 is 9.53 Å². The maximum absolute atomic E-state index is 14.3. The Morgan fingerprint density at radius 1 is 0.914 bits per heavy atom. The number of hydrogen-bond acceptors (Lipinski definition) is 5. The Labute approximate surface area is 206 Å². The summed E-state index contributed by atoms with van der Waals surface area (Å²) in [6, 6.07) is 24.8. The van der Waals surface area contributed by atoms with Gasteiger partial charge in [0.2, 0.25) is 0 Å². The Morgan fingerprint density at radius 2 is 1.63 bits per heavy atom. The molecular weight excluding hydrogens is 436 g/mol. The summed E-state index contributed by atoms with van der Waals surface area (Å²) in [5.74, 6) is 0.915. The molecule has 3 heterocycles. The number of hydrazone groups is 1. The Kier molecular flexibility index (Phi) is 5.06. The number of amides is 1. The number of rotatable bonds is 3. The van der Waals surface area contributed by atoms with E-state index in [2.05, 4.69) is 53.1 Å². The second-order valence-corrected chi connectivity index (χ2v) is 9.77. The summed E-state index contributed by atoms with van der Waals surface area (Å²) in [4.78, 5) is 19.2. The lowest BCUT2D eigenvalue weighted by Gasteiger charge is -2.53. The first kappa shape index (κ1) is 21.7. The molecule has 0 radical (unpaired) electrons. The highest BCUT2D eigenvalue weighted by Gasteiger charge is 2.59. The fraction of sp³-hybridized carbons (Fsp3) is 0.310. The van der Waals surface area contributed by atoms with E-state index in [0.717, 1.165) is 48.0 Å². The van der Waals surface area contributed by atoms with Crippen LogP contribution in [0.5, 0.6) is 5.75 Å². The van der Waals surface area contributed by atoms with Gasteiger partial charge in [0.05, 0.1) is 24.6 Å². The van der Waals surface area contributed by atoms with Gasteiger partial charge in [0.15, 0.2) is 0 Å². The minimum absolute atomic E-state index is 0.0139. The van der Waals surface area contributed by atoms with Gasteiger partial charge in [0.25, 0.3) is 5.91 Å². The second kappa shape index (κ2) is 8.15. The maximum Gasteiger partial charge on any atom is 0.261 e. The Hall–Kier alpha value is -3.80. The summed E-state index contributed by atoms with van der Waals surface area (Å²) < 4.78 is 5.35. The number of para-hydroxylation sites is 1. The van der Waals surface area contributed by atoms with Gasteiger partial charge in [-0.1, -0.05) is 35.9 Å². The minimum Gasteiger partial charge on any atom is -0.497 e. The molecular formula is C29H30N4O2. The van der Waals surface area contributed by atoms with Gasteiger partial charge in [-0.05, 0) is 68.3 Å². The number of ether oxygens (including phenoxy) is 1. The molecule has 178 valence electrons. The average Bonchev–Trinajstić information content (AvgIpc) is 3.14. The maximum atomic E-state index is 14.3. The van der Waals surface area contributed by atoms with E-state index in [1.165, 1.54) is 11.3 Å². The third-order valence-corrected chi connectivity index (χ3v) is 7.91.